The SMILES string of the molecule is CN(C(=O)OC(C)(C)C)[C@@H]1[C@@H](O)[C@@H](O[C@H]2[C@H](NC(=O)C(O)C3CN(C(=O)OC(C)(C)C)C3)C[C@H](NC(=O)OC(C)(C)C)C([C@H]3OC(CNCC(O)CNC(=O)OC(C)(C)C)=CC[C@H]3NC(=O)OC(C)(C)C)[C@@H]2O)OC[C@]1(C)O. The number of rotatable bonds is 15. The molecule has 6 amide bonds. The third kappa shape index (κ3) is 20.0. The predicted octanol–water partition coefficient (Wildman–Crippen LogP) is 2.10. The number of ether oxygens (including phenoxy) is 8. The molecule has 4 aliphatic rings. The van der Waals surface area contributed by atoms with E-state index in [1.54, 1.807) is 110 Å². The first kappa shape index (κ1) is 65.6. The van der Waals surface area contributed by atoms with Crippen molar-refractivity contribution in [1.29, 1.82) is 0 Å². The maximum absolute atomic E-state index is 14.2. The van der Waals surface area contributed by atoms with Gasteiger partial charge in [0.2, 0.25) is 5.91 Å². The van der Waals surface area contributed by atoms with E-state index in [9.17, 15) is 54.3 Å². The molecule has 10 N–H and O–H groups in total. The average Bonchev–Trinajstić information content (AvgIpc) is 3.21. The van der Waals surface area contributed by atoms with Gasteiger partial charge in [-0.25, -0.2) is 24.0 Å². The Morgan fingerprint density at radius 1 is 0.731 bits per heavy atom. The van der Waals surface area contributed by atoms with Crippen molar-refractivity contribution in [3.63, 3.8) is 0 Å². The summed E-state index contributed by atoms with van der Waals surface area (Å²) < 4.78 is 46.7. The van der Waals surface area contributed by atoms with Crippen LogP contribution in [-0.4, -0.2) is 219 Å². The summed E-state index contributed by atoms with van der Waals surface area (Å²) in [5.74, 6) is -2.74. The first-order valence-electron chi connectivity index (χ1n) is 26.5. The van der Waals surface area contributed by atoms with Crippen LogP contribution in [0.25, 0.3) is 0 Å². The fourth-order valence-corrected chi connectivity index (χ4v) is 9.31. The Hall–Kier alpha value is -4.96. The summed E-state index contributed by atoms with van der Waals surface area (Å²) in [6, 6.07) is -5.02. The molecule has 3 heterocycles. The molecule has 3 fully saturated rings. The number of alkyl carbamates (subject to hydrolysis) is 3. The zero-order valence-corrected chi connectivity index (χ0v) is 48.6. The van der Waals surface area contributed by atoms with E-state index in [4.69, 9.17) is 37.9 Å². The zero-order chi connectivity index (χ0) is 59.3. The molecule has 0 aromatic heterocycles. The van der Waals surface area contributed by atoms with Gasteiger partial charge >= 0.3 is 30.5 Å². The number of nitrogens with zero attached hydrogens (tertiary/aromatic N) is 2. The number of nitrogens with one attached hydrogen (secondary N) is 5. The van der Waals surface area contributed by atoms with E-state index in [0.29, 0.717) is 0 Å². The third-order valence-corrected chi connectivity index (χ3v) is 12.5. The molecule has 0 aromatic rings. The van der Waals surface area contributed by atoms with Crippen LogP contribution in [0.15, 0.2) is 11.8 Å². The quantitative estimate of drug-likeness (QED) is 0.105. The van der Waals surface area contributed by atoms with Crippen LogP contribution in [0.5, 0.6) is 0 Å². The first-order chi connectivity index (χ1) is 35.5. The van der Waals surface area contributed by atoms with Crippen molar-refractivity contribution in [2.45, 2.75) is 224 Å². The number of hydrogen-bond acceptors (Lipinski definition) is 20. The number of carbonyl (C=O) groups is 6. The molecular weight excluding hydrogens is 1030 g/mol. The smallest absolute Gasteiger partial charge is 0.410 e. The van der Waals surface area contributed by atoms with Gasteiger partial charge in [0, 0.05) is 51.1 Å². The van der Waals surface area contributed by atoms with E-state index in [0.717, 1.165) is 4.90 Å². The fraction of sp³-hybridized carbons (Fsp3) is 0.846. The van der Waals surface area contributed by atoms with E-state index in [1.807, 2.05) is 0 Å². The van der Waals surface area contributed by atoms with Crippen molar-refractivity contribution in [1.82, 2.24) is 36.4 Å². The van der Waals surface area contributed by atoms with E-state index >= 15 is 0 Å². The monoisotopic (exact) mass is 1120 g/mol. The van der Waals surface area contributed by atoms with Gasteiger partial charge in [-0.1, -0.05) is 0 Å². The topological polar surface area (TPSA) is 344 Å². The number of amides is 6. The van der Waals surface area contributed by atoms with Gasteiger partial charge in [-0.15, -0.1) is 0 Å². The van der Waals surface area contributed by atoms with Crippen LogP contribution < -0.4 is 26.6 Å². The Labute approximate surface area is 458 Å². The second kappa shape index (κ2) is 25.7. The Bertz CT molecular complexity index is 2110. The largest absolute Gasteiger partial charge is 0.491 e. The number of likely N-dealkylation sites (tertiary alicyclic amines) is 1. The molecule has 448 valence electrons. The second-order valence-electron chi connectivity index (χ2n) is 25.8. The third-order valence-electron chi connectivity index (χ3n) is 12.5. The van der Waals surface area contributed by atoms with Crippen LogP contribution in [0.1, 0.15) is 124 Å². The lowest BCUT2D eigenvalue weighted by atomic mass is 9.72. The Balaban J connectivity index is 1.77. The second-order valence-corrected chi connectivity index (χ2v) is 25.8. The number of likely N-dealkylation sites (N-methyl/N-ethyl adjacent to an activating group) is 1. The van der Waals surface area contributed by atoms with Gasteiger partial charge in [-0.2, -0.15) is 0 Å². The summed E-state index contributed by atoms with van der Waals surface area (Å²) in [5.41, 5.74) is -6.41. The molecule has 4 rings (SSSR count). The van der Waals surface area contributed by atoms with Crippen LogP contribution in [0.4, 0.5) is 24.0 Å². The minimum atomic E-state index is -1.90. The van der Waals surface area contributed by atoms with Gasteiger partial charge in [-0.3, -0.25) is 4.79 Å². The Morgan fingerprint density at radius 3 is 1.79 bits per heavy atom. The molecule has 26 nitrogen and oxygen atoms in total. The lowest BCUT2D eigenvalue weighted by Gasteiger charge is -2.52. The van der Waals surface area contributed by atoms with Gasteiger partial charge < -0.3 is 99.8 Å². The maximum atomic E-state index is 14.2. The average molecular weight is 1120 g/mol. The zero-order valence-electron chi connectivity index (χ0n) is 48.6. The minimum Gasteiger partial charge on any atom is -0.491 e. The lowest BCUT2D eigenvalue weighted by molar-refractivity contribution is -0.306. The van der Waals surface area contributed by atoms with Crippen molar-refractivity contribution >= 4 is 36.4 Å². The van der Waals surface area contributed by atoms with Crippen molar-refractivity contribution in [3.05, 3.63) is 11.8 Å². The number of carbonyl (C=O) groups excluding carboxylic acids is 6. The fourth-order valence-electron chi connectivity index (χ4n) is 9.31. The van der Waals surface area contributed by atoms with Gasteiger partial charge in [-0.05, 0) is 130 Å². The van der Waals surface area contributed by atoms with Crippen molar-refractivity contribution < 1.29 is 92.2 Å². The Kier molecular flexibility index (Phi) is 21.6. The van der Waals surface area contributed by atoms with Crippen LogP contribution in [-0.2, 0) is 42.7 Å². The molecule has 3 aliphatic heterocycles. The summed E-state index contributed by atoms with van der Waals surface area (Å²) in [6.45, 7) is 25.6. The van der Waals surface area contributed by atoms with Crippen molar-refractivity contribution in [3.8, 4) is 0 Å². The lowest BCUT2D eigenvalue weighted by Crippen LogP contribution is -2.71. The van der Waals surface area contributed by atoms with Crippen LogP contribution in [0, 0.1) is 11.8 Å². The van der Waals surface area contributed by atoms with Crippen LogP contribution in [0.2, 0.25) is 0 Å². The van der Waals surface area contributed by atoms with Crippen molar-refractivity contribution in [2.24, 2.45) is 11.8 Å². The highest BCUT2D eigenvalue weighted by molar-refractivity contribution is 5.82. The van der Waals surface area contributed by atoms with Gasteiger partial charge in [0.15, 0.2) is 6.29 Å². The van der Waals surface area contributed by atoms with Crippen LogP contribution >= 0.6 is 0 Å². The van der Waals surface area contributed by atoms with Gasteiger partial charge in [0.1, 0.15) is 63.8 Å². The maximum Gasteiger partial charge on any atom is 0.410 e. The van der Waals surface area contributed by atoms with E-state index in [-0.39, 0.29) is 51.3 Å². The molecule has 0 spiro atoms. The summed E-state index contributed by atoms with van der Waals surface area (Å²) in [4.78, 5) is 82.4. The molecule has 1 aliphatic carbocycles. The van der Waals surface area contributed by atoms with E-state index in [1.165, 1.54) is 18.9 Å². The summed E-state index contributed by atoms with van der Waals surface area (Å²) in [5, 5.41) is 72.9. The molecule has 0 bridgehead atoms. The van der Waals surface area contributed by atoms with E-state index < -0.39 is 156 Å². The molecular formula is C52H91N7O19. The molecule has 0 aromatic carbocycles. The molecule has 2 saturated heterocycles. The summed E-state index contributed by atoms with van der Waals surface area (Å²) in [7, 11) is 1.31. The molecule has 26 heteroatoms. The molecule has 78 heavy (non-hydrogen) atoms. The standard InChI is InChI=1S/C52H91N7O19/c1-47(2,3)74-42(65)54-22-28(60)21-53-23-29-18-19-30(56-43(66)75-48(4,5)6)37(72-29)33-31(57-44(67)76-49(7,8)9)20-32(55-40(64)34(61)27-24-59(25-27)46(69)78-51(13,14)15)38(35(33)62)73-41-36(63)39(52(16,70)26-71-41)58(17)45(68)77-50(10,11)12/h18,27-28,30-39,41,53,60-63,70H,19-26H2,1-17H3,(H,54,65)(H,55,64)(H,56,66)(H,57,67)/t28?,30-,31+,32-,33?,34?,35+,36-,37+,38+,39-,41-,52+/m1/s1. The number of hydrogen-bond donors (Lipinski definition) is 10. The minimum absolute atomic E-state index is 0.0241. The molecule has 1 saturated carbocycles. The highest BCUT2D eigenvalue weighted by Gasteiger charge is 2.57. The number of aliphatic hydroxyl groups is 5. The predicted molar refractivity (Wildman–Crippen MR) is 279 cm³/mol. The highest BCUT2D eigenvalue weighted by Crippen LogP contribution is 2.39. The van der Waals surface area contributed by atoms with Crippen LogP contribution in [0.3, 0.4) is 0 Å². The summed E-state index contributed by atoms with van der Waals surface area (Å²) >= 11 is 0. The Morgan fingerprint density at radius 2 is 1.26 bits per heavy atom. The van der Waals surface area contributed by atoms with Gasteiger partial charge in [0.25, 0.3) is 0 Å². The summed E-state index contributed by atoms with van der Waals surface area (Å²) in [6.07, 6.45) is -13.8. The molecule has 3 unspecified atom stereocenters. The van der Waals surface area contributed by atoms with Gasteiger partial charge in [0.05, 0.1) is 43.5 Å². The highest BCUT2D eigenvalue weighted by atomic mass is 16.7. The molecule has 0 radical (unpaired) electrons. The number of aliphatic hydroxyl groups excluding tert-OH is 4. The van der Waals surface area contributed by atoms with Crippen molar-refractivity contribution in [2.75, 3.05) is 46.4 Å². The van der Waals surface area contributed by atoms with E-state index in [2.05, 4.69) is 26.6 Å². The first-order valence-corrected chi connectivity index (χ1v) is 26.5. The molecule has 13 atom stereocenters. The normalized spacial score (nSPS) is 28.9.